The van der Waals surface area contributed by atoms with Crippen molar-refractivity contribution in [1.82, 2.24) is 20.3 Å². The number of thioether (sulfide) groups is 1. The lowest BCUT2D eigenvalue weighted by atomic mass is 9.91. The van der Waals surface area contributed by atoms with Gasteiger partial charge in [0.15, 0.2) is 6.29 Å². The van der Waals surface area contributed by atoms with Crippen LogP contribution in [0.15, 0.2) is 108 Å². The summed E-state index contributed by atoms with van der Waals surface area (Å²) in [5.41, 5.74) is 5.44. The van der Waals surface area contributed by atoms with Gasteiger partial charge in [0, 0.05) is 30.0 Å². The van der Waals surface area contributed by atoms with E-state index in [4.69, 9.17) is 9.47 Å². The fraction of sp³-hybridized carbons (Fsp3) is 0.235. The minimum Gasteiger partial charge on any atom is -0.392 e. The zero-order valence-corrected chi connectivity index (χ0v) is 24.5. The Labute approximate surface area is 254 Å². The molecule has 0 saturated carbocycles. The van der Waals surface area contributed by atoms with Crippen molar-refractivity contribution in [3.05, 3.63) is 131 Å². The van der Waals surface area contributed by atoms with E-state index in [1.807, 2.05) is 91.0 Å². The number of fused-ring (bicyclic) bond motifs is 1. The largest absolute Gasteiger partial charge is 0.392 e. The monoisotopic (exact) mass is 592 g/mol. The van der Waals surface area contributed by atoms with Gasteiger partial charge in [-0.15, -0.1) is 11.8 Å². The van der Waals surface area contributed by atoms with Crippen molar-refractivity contribution in [2.45, 2.75) is 43.6 Å². The molecule has 2 aromatic heterocycles. The molecule has 43 heavy (non-hydrogen) atoms. The van der Waals surface area contributed by atoms with Crippen molar-refractivity contribution < 1.29 is 19.4 Å². The first-order valence-corrected chi connectivity index (χ1v) is 15.2. The van der Waals surface area contributed by atoms with Crippen molar-refractivity contribution in [2.75, 3.05) is 5.75 Å². The molecule has 6 rings (SSSR count). The molecule has 2 N–H and O–H groups in total. The van der Waals surface area contributed by atoms with Crippen molar-refractivity contribution in [1.29, 1.82) is 0 Å². The molecule has 0 spiro atoms. The number of nitrogens with zero attached hydrogens (tertiary/aromatic N) is 3. The first-order valence-electron chi connectivity index (χ1n) is 14.2. The highest BCUT2D eigenvalue weighted by Crippen LogP contribution is 2.42. The fourth-order valence-electron chi connectivity index (χ4n) is 5.04. The number of aliphatic hydroxyl groups excluding tert-OH is 1. The van der Waals surface area contributed by atoms with E-state index >= 15 is 0 Å². The fourth-order valence-corrected chi connectivity index (χ4v) is 6.07. The van der Waals surface area contributed by atoms with Gasteiger partial charge in [0.25, 0.3) is 5.91 Å². The number of para-hydroxylation sites is 2. The smallest absolute Gasteiger partial charge is 0.271 e. The molecule has 1 saturated heterocycles. The second-order valence-electron chi connectivity index (χ2n) is 10.5. The Balaban J connectivity index is 1.15. The SMILES string of the molecule is C[C@H]1[C@@H](CSc2ccccn2)O[C@@H](c2ccc(CNC(=O)c3cnc4ccccc4n3)cc2)O[C@H]1c1ccc(CO)cc1. The molecule has 1 amide bonds. The van der Waals surface area contributed by atoms with Crippen LogP contribution in [0.25, 0.3) is 11.0 Å². The number of carbonyl (C=O) groups excluding carboxylic acids is 1. The summed E-state index contributed by atoms with van der Waals surface area (Å²) in [6.45, 7) is 2.50. The summed E-state index contributed by atoms with van der Waals surface area (Å²) in [5, 5.41) is 13.4. The van der Waals surface area contributed by atoms with E-state index in [9.17, 15) is 9.90 Å². The zero-order chi connectivity index (χ0) is 29.6. The van der Waals surface area contributed by atoms with Crippen LogP contribution in [0.4, 0.5) is 0 Å². The quantitative estimate of drug-likeness (QED) is 0.200. The summed E-state index contributed by atoms with van der Waals surface area (Å²) >= 11 is 1.67. The van der Waals surface area contributed by atoms with Gasteiger partial charge in [-0.25, -0.2) is 9.97 Å². The zero-order valence-electron chi connectivity index (χ0n) is 23.7. The van der Waals surface area contributed by atoms with E-state index < -0.39 is 6.29 Å². The van der Waals surface area contributed by atoms with Gasteiger partial charge in [0.05, 0.1) is 41.1 Å². The van der Waals surface area contributed by atoms with E-state index in [-0.39, 0.29) is 36.3 Å². The van der Waals surface area contributed by atoms with Crippen LogP contribution in [-0.4, -0.2) is 37.8 Å². The van der Waals surface area contributed by atoms with Crippen molar-refractivity contribution >= 4 is 28.7 Å². The number of pyridine rings is 1. The molecule has 0 unspecified atom stereocenters. The maximum Gasteiger partial charge on any atom is 0.271 e. The number of amides is 1. The first-order chi connectivity index (χ1) is 21.1. The van der Waals surface area contributed by atoms with Crippen LogP contribution in [0, 0.1) is 5.92 Å². The molecular weight excluding hydrogens is 560 g/mol. The first kappa shape index (κ1) is 28.9. The number of carbonyl (C=O) groups is 1. The molecule has 9 heteroatoms. The summed E-state index contributed by atoms with van der Waals surface area (Å²) in [6, 6.07) is 29.1. The average molecular weight is 593 g/mol. The van der Waals surface area contributed by atoms with Gasteiger partial charge >= 0.3 is 0 Å². The summed E-state index contributed by atoms with van der Waals surface area (Å²) in [7, 11) is 0. The van der Waals surface area contributed by atoms with E-state index in [0.717, 1.165) is 38.5 Å². The minimum absolute atomic E-state index is 0.00110. The van der Waals surface area contributed by atoms with Crippen molar-refractivity contribution in [3.8, 4) is 0 Å². The summed E-state index contributed by atoms with van der Waals surface area (Å²) in [4.78, 5) is 26.0. The Morgan fingerprint density at radius 3 is 2.33 bits per heavy atom. The van der Waals surface area contributed by atoms with Crippen LogP contribution < -0.4 is 5.32 Å². The highest BCUT2D eigenvalue weighted by atomic mass is 32.2. The second-order valence-corrected chi connectivity index (χ2v) is 11.5. The average Bonchev–Trinajstić information content (AvgIpc) is 3.07. The van der Waals surface area contributed by atoms with Crippen LogP contribution in [0.1, 0.15) is 52.1 Å². The third-order valence-electron chi connectivity index (χ3n) is 7.54. The van der Waals surface area contributed by atoms with Crippen LogP contribution in [0.3, 0.4) is 0 Å². The lowest BCUT2D eigenvalue weighted by Gasteiger charge is -2.41. The summed E-state index contributed by atoms with van der Waals surface area (Å²) in [5.74, 6) is 0.532. The van der Waals surface area contributed by atoms with E-state index in [2.05, 4.69) is 27.2 Å². The molecule has 3 aromatic carbocycles. The molecule has 0 radical (unpaired) electrons. The third-order valence-corrected chi connectivity index (χ3v) is 8.58. The number of rotatable bonds is 9. The highest BCUT2D eigenvalue weighted by Gasteiger charge is 2.38. The van der Waals surface area contributed by atoms with Crippen molar-refractivity contribution in [2.24, 2.45) is 5.92 Å². The molecule has 4 atom stereocenters. The molecule has 3 heterocycles. The van der Waals surface area contributed by atoms with Crippen LogP contribution in [-0.2, 0) is 22.6 Å². The third kappa shape index (κ3) is 6.92. The normalized spacial score (nSPS) is 20.1. The van der Waals surface area contributed by atoms with Crippen molar-refractivity contribution in [3.63, 3.8) is 0 Å². The Kier molecular flexibility index (Phi) is 9.04. The van der Waals surface area contributed by atoms with Gasteiger partial charge < -0.3 is 19.9 Å². The molecule has 8 nitrogen and oxygen atoms in total. The molecular formula is C34H32N4O4S. The number of nitrogens with one attached hydrogen (secondary N) is 1. The number of ether oxygens (including phenoxy) is 2. The van der Waals surface area contributed by atoms with E-state index in [1.165, 1.54) is 6.20 Å². The van der Waals surface area contributed by atoms with Gasteiger partial charge in [-0.2, -0.15) is 0 Å². The van der Waals surface area contributed by atoms with E-state index in [1.54, 1.807) is 18.0 Å². The van der Waals surface area contributed by atoms with Gasteiger partial charge in [0.1, 0.15) is 5.69 Å². The standard InChI is InChI=1S/C34H32N4O4S/c1-22-30(21-43-31-8-4-5-17-35-31)41-34(42-32(22)25-13-11-24(20-39)12-14-25)26-15-9-23(10-16-26)18-37-33(40)29-19-36-27-6-2-3-7-28(27)38-29/h2-17,19,22,30,32,34,39H,18,20-21H2,1H3,(H,37,40)/t22-,30+,32+,34+/m0/s1. The predicted molar refractivity (Wildman–Crippen MR) is 165 cm³/mol. The lowest BCUT2D eigenvalue weighted by molar-refractivity contribution is -0.268. The maximum absolute atomic E-state index is 12.7. The molecule has 1 aliphatic rings. The van der Waals surface area contributed by atoms with Gasteiger partial charge in [-0.3, -0.25) is 9.78 Å². The lowest BCUT2D eigenvalue weighted by Crippen LogP contribution is -2.38. The number of hydrogen-bond donors (Lipinski definition) is 2. The number of benzene rings is 3. The molecule has 1 aliphatic heterocycles. The number of hydrogen-bond acceptors (Lipinski definition) is 8. The van der Waals surface area contributed by atoms with Crippen LogP contribution >= 0.6 is 11.8 Å². The Morgan fingerprint density at radius 1 is 0.860 bits per heavy atom. The molecule has 218 valence electrons. The Morgan fingerprint density at radius 2 is 1.58 bits per heavy atom. The number of aromatic nitrogens is 3. The summed E-state index contributed by atoms with van der Waals surface area (Å²) < 4.78 is 13.1. The summed E-state index contributed by atoms with van der Waals surface area (Å²) in [6.07, 6.45) is 2.45. The predicted octanol–water partition coefficient (Wildman–Crippen LogP) is 6.03. The maximum atomic E-state index is 12.7. The van der Waals surface area contributed by atoms with Crippen LogP contribution in [0.5, 0.6) is 0 Å². The molecule has 0 bridgehead atoms. The minimum atomic E-state index is -0.565. The molecule has 1 fully saturated rings. The van der Waals surface area contributed by atoms with Gasteiger partial charge in [-0.1, -0.05) is 73.7 Å². The van der Waals surface area contributed by atoms with E-state index in [0.29, 0.717) is 12.1 Å². The van der Waals surface area contributed by atoms with Crippen LogP contribution in [0.2, 0.25) is 0 Å². The van der Waals surface area contributed by atoms with Gasteiger partial charge in [0.2, 0.25) is 0 Å². The Hall–Kier alpha value is -4.15. The Bertz CT molecular complexity index is 1670. The van der Waals surface area contributed by atoms with Gasteiger partial charge in [-0.05, 0) is 41.0 Å². The second kappa shape index (κ2) is 13.4. The topological polar surface area (TPSA) is 106 Å². The number of aliphatic hydroxyl groups is 1. The molecule has 0 aliphatic carbocycles. The highest BCUT2D eigenvalue weighted by molar-refractivity contribution is 7.99. The molecule has 5 aromatic rings.